The number of aryl methyl sites for hydroxylation is 1. The number of ether oxygens (including phenoxy) is 1. The van der Waals surface area contributed by atoms with Gasteiger partial charge in [-0.15, -0.1) is 0 Å². The van der Waals surface area contributed by atoms with Gasteiger partial charge in [0.1, 0.15) is 11.6 Å². The highest BCUT2D eigenvalue weighted by molar-refractivity contribution is 5.91. The first-order valence-corrected chi connectivity index (χ1v) is 14.1. The van der Waals surface area contributed by atoms with Gasteiger partial charge in [0.05, 0.1) is 31.5 Å². The van der Waals surface area contributed by atoms with E-state index in [1.54, 1.807) is 14.2 Å². The Bertz CT molecular complexity index is 1670. The van der Waals surface area contributed by atoms with Crippen LogP contribution in [0.1, 0.15) is 55.2 Å². The Kier molecular flexibility index (Phi) is 8.67. The zero-order chi connectivity index (χ0) is 28.8. The standard InChI is InChI=1S/C33H37N5O3/c1-21-26(27-18-25(41-3)15-16-28(27)36-21)19-32(40)37-29(11-5-4-6-12-31(39)34-2)33-35-20-30(38-33)24-14-13-22-9-7-8-10-23(22)17-24/h7-10,13-18,20,29,36H,4-6,11-12,19H2,1-3H3,(H,34,39)(H,35,38)(H,37,40)/t29-/m0/s1. The zero-order valence-corrected chi connectivity index (χ0v) is 23.8. The highest BCUT2D eigenvalue weighted by atomic mass is 16.5. The first kappa shape index (κ1) is 28.0. The van der Waals surface area contributed by atoms with Gasteiger partial charge in [0.2, 0.25) is 11.8 Å². The number of imidazole rings is 1. The molecule has 5 aromatic rings. The summed E-state index contributed by atoms with van der Waals surface area (Å²) in [6.07, 6.45) is 5.84. The number of carbonyl (C=O) groups is 2. The summed E-state index contributed by atoms with van der Waals surface area (Å²) in [6.45, 7) is 1.99. The Balaban J connectivity index is 1.34. The van der Waals surface area contributed by atoms with Gasteiger partial charge in [-0.25, -0.2) is 4.98 Å². The van der Waals surface area contributed by atoms with Crippen LogP contribution in [0.4, 0.5) is 0 Å². The number of nitrogens with one attached hydrogen (secondary N) is 4. The largest absolute Gasteiger partial charge is 0.497 e. The Morgan fingerprint density at radius 3 is 2.59 bits per heavy atom. The number of nitrogens with zero attached hydrogens (tertiary/aromatic N) is 1. The number of hydrogen-bond donors (Lipinski definition) is 4. The van der Waals surface area contributed by atoms with Crippen LogP contribution >= 0.6 is 0 Å². The predicted molar refractivity (Wildman–Crippen MR) is 163 cm³/mol. The van der Waals surface area contributed by atoms with E-state index in [1.807, 2.05) is 43.5 Å². The third kappa shape index (κ3) is 6.60. The molecule has 5 rings (SSSR count). The minimum absolute atomic E-state index is 0.0478. The second kappa shape index (κ2) is 12.7. The fourth-order valence-electron chi connectivity index (χ4n) is 5.35. The molecule has 0 fully saturated rings. The SMILES string of the molecule is CNC(=O)CCCCC[C@H](NC(=O)Cc1c(C)[nH]c2ccc(OC)cc12)c1ncc(-c2ccc3ccccc3c2)[nH]1. The van der Waals surface area contributed by atoms with Gasteiger partial charge in [0, 0.05) is 35.6 Å². The molecule has 0 saturated carbocycles. The molecule has 0 aliphatic rings. The number of carbonyl (C=O) groups excluding carboxylic acids is 2. The Labute approximate surface area is 239 Å². The molecule has 0 spiro atoms. The number of aromatic amines is 2. The lowest BCUT2D eigenvalue weighted by molar-refractivity contribution is -0.121. The maximum absolute atomic E-state index is 13.4. The normalized spacial score (nSPS) is 12.0. The van der Waals surface area contributed by atoms with Crippen LogP contribution in [-0.4, -0.2) is 40.9 Å². The molecule has 0 radical (unpaired) electrons. The second-order valence-electron chi connectivity index (χ2n) is 10.5. The molecule has 4 N–H and O–H groups in total. The molecular weight excluding hydrogens is 514 g/mol. The summed E-state index contributed by atoms with van der Waals surface area (Å²) in [5, 5.41) is 9.24. The quantitative estimate of drug-likeness (QED) is 0.140. The minimum Gasteiger partial charge on any atom is -0.497 e. The van der Waals surface area contributed by atoms with Crippen LogP contribution < -0.4 is 15.4 Å². The number of fused-ring (bicyclic) bond motifs is 2. The lowest BCUT2D eigenvalue weighted by Gasteiger charge is -2.17. The number of amides is 2. The smallest absolute Gasteiger partial charge is 0.225 e. The second-order valence-corrected chi connectivity index (χ2v) is 10.5. The van der Waals surface area contributed by atoms with Gasteiger partial charge < -0.3 is 25.3 Å². The van der Waals surface area contributed by atoms with E-state index in [2.05, 4.69) is 50.9 Å². The van der Waals surface area contributed by atoms with Crippen molar-refractivity contribution >= 4 is 33.5 Å². The molecule has 2 aromatic heterocycles. The van der Waals surface area contributed by atoms with Gasteiger partial charge in [0.25, 0.3) is 0 Å². The average molecular weight is 552 g/mol. The molecule has 0 saturated heterocycles. The number of hydrogen-bond acceptors (Lipinski definition) is 4. The van der Waals surface area contributed by atoms with Crippen LogP contribution in [-0.2, 0) is 16.0 Å². The average Bonchev–Trinajstić information content (AvgIpc) is 3.60. The number of benzene rings is 3. The maximum Gasteiger partial charge on any atom is 0.225 e. The monoisotopic (exact) mass is 551 g/mol. The Morgan fingerprint density at radius 1 is 0.951 bits per heavy atom. The molecule has 2 heterocycles. The summed E-state index contributed by atoms with van der Waals surface area (Å²) in [7, 11) is 3.30. The van der Waals surface area contributed by atoms with Crippen molar-refractivity contribution in [1.29, 1.82) is 0 Å². The van der Waals surface area contributed by atoms with E-state index in [0.29, 0.717) is 12.8 Å². The third-order valence-corrected chi connectivity index (χ3v) is 7.66. The highest BCUT2D eigenvalue weighted by Crippen LogP contribution is 2.28. The molecule has 0 unspecified atom stereocenters. The molecule has 8 nitrogen and oxygen atoms in total. The van der Waals surface area contributed by atoms with E-state index in [-0.39, 0.29) is 24.3 Å². The topological polar surface area (TPSA) is 112 Å². The van der Waals surface area contributed by atoms with Crippen molar-refractivity contribution in [3.8, 4) is 17.0 Å². The summed E-state index contributed by atoms with van der Waals surface area (Å²) >= 11 is 0. The number of aromatic nitrogens is 3. The molecule has 0 bridgehead atoms. The lowest BCUT2D eigenvalue weighted by atomic mass is 10.0. The molecule has 0 aliphatic carbocycles. The van der Waals surface area contributed by atoms with Gasteiger partial charge in [0.15, 0.2) is 0 Å². The van der Waals surface area contributed by atoms with Crippen LogP contribution in [0.3, 0.4) is 0 Å². The van der Waals surface area contributed by atoms with Crippen molar-refractivity contribution in [3.05, 3.63) is 83.9 Å². The first-order chi connectivity index (χ1) is 19.9. The molecular formula is C33H37N5O3. The van der Waals surface area contributed by atoms with Gasteiger partial charge in [-0.1, -0.05) is 49.2 Å². The van der Waals surface area contributed by atoms with Crippen LogP contribution in [0.25, 0.3) is 32.9 Å². The minimum atomic E-state index is -0.281. The summed E-state index contributed by atoms with van der Waals surface area (Å²) in [5.41, 5.74) is 4.85. The number of H-pyrrole nitrogens is 2. The summed E-state index contributed by atoms with van der Waals surface area (Å²) < 4.78 is 5.41. The van der Waals surface area contributed by atoms with Crippen LogP contribution in [0, 0.1) is 6.92 Å². The van der Waals surface area contributed by atoms with Crippen molar-refractivity contribution in [1.82, 2.24) is 25.6 Å². The molecule has 8 heteroatoms. The number of methoxy groups -OCH3 is 1. The van der Waals surface area contributed by atoms with Crippen LogP contribution in [0.2, 0.25) is 0 Å². The Morgan fingerprint density at radius 2 is 1.78 bits per heavy atom. The van der Waals surface area contributed by atoms with Crippen molar-refractivity contribution in [2.24, 2.45) is 0 Å². The van der Waals surface area contributed by atoms with Crippen molar-refractivity contribution in [3.63, 3.8) is 0 Å². The highest BCUT2D eigenvalue weighted by Gasteiger charge is 2.20. The summed E-state index contributed by atoms with van der Waals surface area (Å²) in [6, 6.07) is 20.2. The van der Waals surface area contributed by atoms with Gasteiger partial charge >= 0.3 is 0 Å². The van der Waals surface area contributed by atoms with Crippen molar-refractivity contribution in [2.45, 2.75) is 51.5 Å². The molecule has 0 aliphatic heterocycles. The molecule has 3 aromatic carbocycles. The lowest BCUT2D eigenvalue weighted by Crippen LogP contribution is -2.30. The van der Waals surface area contributed by atoms with E-state index < -0.39 is 0 Å². The Hall–Kier alpha value is -4.59. The van der Waals surface area contributed by atoms with E-state index in [1.165, 1.54) is 5.39 Å². The van der Waals surface area contributed by atoms with Gasteiger partial charge in [-0.2, -0.15) is 0 Å². The summed E-state index contributed by atoms with van der Waals surface area (Å²) in [4.78, 5) is 36.6. The molecule has 41 heavy (non-hydrogen) atoms. The third-order valence-electron chi connectivity index (χ3n) is 7.66. The fraction of sp³-hybridized carbons (Fsp3) is 0.303. The van der Waals surface area contributed by atoms with E-state index in [9.17, 15) is 9.59 Å². The van der Waals surface area contributed by atoms with Crippen LogP contribution in [0.15, 0.2) is 66.9 Å². The van der Waals surface area contributed by atoms with Crippen molar-refractivity contribution in [2.75, 3.05) is 14.2 Å². The van der Waals surface area contributed by atoms with Gasteiger partial charge in [-0.3, -0.25) is 9.59 Å². The molecule has 212 valence electrons. The van der Waals surface area contributed by atoms with Gasteiger partial charge in [-0.05, 0) is 60.4 Å². The maximum atomic E-state index is 13.4. The van der Waals surface area contributed by atoms with Crippen LogP contribution in [0.5, 0.6) is 5.75 Å². The number of rotatable bonds is 12. The molecule has 2 amide bonds. The number of unbranched alkanes of at least 4 members (excludes halogenated alkanes) is 2. The first-order valence-electron chi connectivity index (χ1n) is 14.1. The zero-order valence-electron chi connectivity index (χ0n) is 23.8. The predicted octanol–water partition coefficient (Wildman–Crippen LogP) is 6.12. The van der Waals surface area contributed by atoms with Crippen molar-refractivity contribution < 1.29 is 14.3 Å². The van der Waals surface area contributed by atoms with E-state index in [0.717, 1.165) is 69.6 Å². The fourth-order valence-corrected chi connectivity index (χ4v) is 5.35. The van der Waals surface area contributed by atoms with E-state index in [4.69, 9.17) is 9.72 Å². The summed E-state index contributed by atoms with van der Waals surface area (Å²) in [5.74, 6) is 1.46. The molecule has 1 atom stereocenters. The van der Waals surface area contributed by atoms with E-state index >= 15 is 0 Å².